The van der Waals surface area contributed by atoms with Crippen molar-refractivity contribution in [2.45, 2.75) is 6.92 Å². The van der Waals surface area contributed by atoms with Gasteiger partial charge in [0.2, 0.25) is 0 Å². The summed E-state index contributed by atoms with van der Waals surface area (Å²) in [5.41, 5.74) is 0.878. The van der Waals surface area contributed by atoms with Crippen LogP contribution in [0.1, 0.15) is 15.3 Å². The van der Waals surface area contributed by atoms with Crippen LogP contribution in [0.25, 0.3) is 11.5 Å². The number of aryl methyl sites for hydroxylation is 1. The maximum atomic E-state index is 10.5. The van der Waals surface area contributed by atoms with Crippen molar-refractivity contribution in [2.75, 3.05) is 0 Å². The van der Waals surface area contributed by atoms with Crippen LogP contribution < -0.4 is 0 Å². The third-order valence-corrected chi connectivity index (χ3v) is 4.20. The molecule has 0 saturated carbocycles. The minimum Gasteiger partial charge on any atom is -0.503 e. The van der Waals surface area contributed by atoms with E-state index in [9.17, 15) is 20.3 Å². The van der Waals surface area contributed by atoms with E-state index in [4.69, 9.17) is 0 Å². The molecule has 7 heteroatoms. The quantitative estimate of drug-likeness (QED) is 0.507. The number of hydrogen-bond donors (Lipinski definition) is 2. The summed E-state index contributed by atoms with van der Waals surface area (Å²) < 4.78 is 0. The zero-order valence-electron chi connectivity index (χ0n) is 9.28. The lowest BCUT2D eigenvalue weighted by Gasteiger charge is -1.99. The summed E-state index contributed by atoms with van der Waals surface area (Å²) in [4.78, 5) is 10.8. The molecule has 2 N–H and O–H groups in total. The van der Waals surface area contributed by atoms with Crippen molar-refractivity contribution >= 4 is 39.9 Å². The standard InChI is InChI=1S/C11H9NO4S2/c1-6-2-8(17-4-6)10(13)11(14)9-3-7(5-18-9)12(15)16/h2-5,13-14H,1H3/b11-10+. The molecule has 0 atom stereocenters. The molecule has 0 aliphatic rings. The molecule has 2 aromatic heterocycles. The summed E-state index contributed by atoms with van der Waals surface area (Å²) >= 11 is 2.31. The summed E-state index contributed by atoms with van der Waals surface area (Å²) in [6.07, 6.45) is 0. The van der Waals surface area contributed by atoms with Crippen LogP contribution in [-0.4, -0.2) is 15.1 Å². The van der Waals surface area contributed by atoms with Gasteiger partial charge >= 0.3 is 0 Å². The fourth-order valence-electron chi connectivity index (χ4n) is 1.33. The number of aliphatic hydroxyl groups excluding tert-OH is 2. The van der Waals surface area contributed by atoms with Gasteiger partial charge in [-0.05, 0) is 23.9 Å². The van der Waals surface area contributed by atoms with E-state index in [2.05, 4.69) is 0 Å². The molecule has 0 amide bonds. The highest BCUT2D eigenvalue weighted by Crippen LogP contribution is 2.32. The molecule has 0 aromatic carbocycles. The average molecular weight is 283 g/mol. The van der Waals surface area contributed by atoms with E-state index in [1.165, 1.54) is 22.8 Å². The molecule has 5 nitrogen and oxygen atoms in total. The lowest BCUT2D eigenvalue weighted by Crippen LogP contribution is -1.87. The molecule has 0 saturated heterocycles. The van der Waals surface area contributed by atoms with Gasteiger partial charge in [0.1, 0.15) is 0 Å². The molecule has 0 radical (unpaired) electrons. The van der Waals surface area contributed by atoms with E-state index in [1.54, 1.807) is 6.07 Å². The van der Waals surface area contributed by atoms with Crippen molar-refractivity contribution < 1.29 is 15.1 Å². The largest absolute Gasteiger partial charge is 0.503 e. The summed E-state index contributed by atoms with van der Waals surface area (Å²) in [5, 5.41) is 33.4. The fourth-order valence-corrected chi connectivity index (χ4v) is 2.98. The van der Waals surface area contributed by atoms with Gasteiger partial charge in [-0.1, -0.05) is 0 Å². The molecule has 0 bridgehead atoms. The lowest BCUT2D eigenvalue weighted by atomic mass is 10.2. The van der Waals surface area contributed by atoms with Crippen LogP contribution in [0.4, 0.5) is 5.69 Å². The van der Waals surface area contributed by atoms with Gasteiger partial charge < -0.3 is 10.2 Å². The first kappa shape index (κ1) is 12.6. The molecule has 0 aliphatic heterocycles. The number of aliphatic hydroxyl groups is 2. The van der Waals surface area contributed by atoms with Crippen LogP contribution in [0.2, 0.25) is 0 Å². The predicted octanol–water partition coefficient (Wildman–Crippen LogP) is 3.97. The first-order chi connectivity index (χ1) is 8.49. The molecule has 0 fully saturated rings. The highest BCUT2D eigenvalue weighted by atomic mass is 32.1. The molecule has 2 rings (SSSR count). The van der Waals surface area contributed by atoms with Crippen molar-refractivity contribution in [1.82, 2.24) is 0 Å². The van der Waals surface area contributed by atoms with Crippen LogP contribution in [0, 0.1) is 17.0 Å². The van der Waals surface area contributed by atoms with Crippen LogP contribution in [0.15, 0.2) is 22.9 Å². The second-order valence-electron chi connectivity index (χ2n) is 3.61. The molecule has 94 valence electrons. The topological polar surface area (TPSA) is 83.6 Å². The van der Waals surface area contributed by atoms with Gasteiger partial charge in [-0.15, -0.1) is 22.7 Å². The number of hydrogen-bond acceptors (Lipinski definition) is 6. The highest BCUT2D eigenvalue weighted by molar-refractivity contribution is 7.12. The van der Waals surface area contributed by atoms with E-state index in [0.29, 0.717) is 4.88 Å². The monoisotopic (exact) mass is 283 g/mol. The molecule has 2 heterocycles. The third-order valence-electron chi connectivity index (χ3n) is 2.22. The minimum atomic E-state index is -0.542. The van der Waals surface area contributed by atoms with Crippen molar-refractivity contribution in [3.63, 3.8) is 0 Å². The smallest absolute Gasteiger partial charge is 0.280 e. The number of nitrogens with zero attached hydrogens (tertiary/aromatic N) is 1. The van der Waals surface area contributed by atoms with E-state index >= 15 is 0 Å². The Morgan fingerprint density at radius 1 is 1.17 bits per heavy atom. The van der Waals surface area contributed by atoms with Crippen molar-refractivity contribution in [2.24, 2.45) is 0 Å². The van der Waals surface area contributed by atoms with Gasteiger partial charge in [0.15, 0.2) is 11.5 Å². The lowest BCUT2D eigenvalue weighted by molar-refractivity contribution is -0.384. The molecular formula is C11H9NO4S2. The molecule has 18 heavy (non-hydrogen) atoms. The summed E-state index contributed by atoms with van der Waals surface area (Å²) in [6.45, 7) is 1.88. The molecular weight excluding hydrogens is 274 g/mol. The normalized spacial score (nSPS) is 12.3. The van der Waals surface area contributed by atoms with Gasteiger partial charge in [0, 0.05) is 6.07 Å². The zero-order valence-corrected chi connectivity index (χ0v) is 10.9. The molecule has 0 spiro atoms. The van der Waals surface area contributed by atoms with Crippen molar-refractivity contribution in [1.29, 1.82) is 0 Å². The first-order valence-corrected chi connectivity index (χ1v) is 6.66. The number of rotatable bonds is 3. The minimum absolute atomic E-state index is 0.100. The molecule has 0 aliphatic carbocycles. The second-order valence-corrected chi connectivity index (χ2v) is 5.43. The van der Waals surface area contributed by atoms with Crippen LogP contribution in [-0.2, 0) is 0 Å². The van der Waals surface area contributed by atoms with Crippen molar-refractivity contribution in [3.05, 3.63) is 48.3 Å². The number of thiophene rings is 2. The van der Waals surface area contributed by atoms with Crippen LogP contribution >= 0.6 is 22.7 Å². The Hall–Kier alpha value is -1.86. The van der Waals surface area contributed by atoms with Gasteiger partial charge in [-0.2, -0.15) is 0 Å². The maximum absolute atomic E-state index is 10.5. The van der Waals surface area contributed by atoms with Crippen molar-refractivity contribution in [3.8, 4) is 0 Å². The van der Waals surface area contributed by atoms with E-state index in [-0.39, 0.29) is 22.1 Å². The molecule has 2 aromatic rings. The van der Waals surface area contributed by atoms with E-state index in [1.807, 2.05) is 12.3 Å². The van der Waals surface area contributed by atoms with Crippen LogP contribution in [0.3, 0.4) is 0 Å². The van der Waals surface area contributed by atoms with Gasteiger partial charge in [0.25, 0.3) is 5.69 Å². The SMILES string of the molecule is Cc1csc(/C(O)=C(\O)c2cc([N+](=O)[O-])cs2)c1. The highest BCUT2D eigenvalue weighted by Gasteiger charge is 2.16. The fraction of sp³-hybridized carbons (Fsp3) is 0.0909. The molecule has 0 unspecified atom stereocenters. The van der Waals surface area contributed by atoms with Crippen LogP contribution in [0.5, 0.6) is 0 Å². The summed E-state index contributed by atoms with van der Waals surface area (Å²) in [5.74, 6) is -0.597. The summed E-state index contributed by atoms with van der Waals surface area (Å²) in [7, 11) is 0. The maximum Gasteiger partial charge on any atom is 0.280 e. The van der Waals surface area contributed by atoms with E-state index < -0.39 is 4.92 Å². The van der Waals surface area contributed by atoms with Gasteiger partial charge in [-0.3, -0.25) is 10.1 Å². The Morgan fingerprint density at radius 3 is 2.17 bits per heavy atom. The average Bonchev–Trinajstić information content (AvgIpc) is 2.95. The predicted molar refractivity (Wildman–Crippen MR) is 72.1 cm³/mol. The van der Waals surface area contributed by atoms with E-state index in [0.717, 1.165) is 16.9 Å². The Balaban J connectivity index is 2.39. The zero-order chi connectivity index (χ0) is 13.3. The first-order valence-electron chi connectivity index (χ1n) is 4.90. The Morgan fingerprint density at radius 2 is 1.72 bits per heavy atom. The van der Waals surface area contributed by atoms with Gasteiger partial charge in [0.05, 0.1) is 20.1 Å². The third kappa shape index (κ3) is 2.36. The summed E-state index contributed by atoms with van der Waals surface area (Å²) in [6, 6.07) is 2.97. The Labute approximate surface area is 110 Å². The second kappa shape index (κ2) is 4.79. The van der Waals surface area contributed by atoms with Gasteiger partial charge in [-0.25, -0.2) is 0 Å². The number of nitro groups is 1. The Kier molecular flexibility index (Phi) is 3.35. The Bertz CT molecular complexity index is 627.